The fraction of sp³-hybridized carbons (Fsp3) is 0.892. The Morgan fingerprint density at radius 1 is 0.535 bits per heavy atom. The van der Waals surface area contributed by atoms with E-state index >= 15 is 0 Å². The third-order valence-corrected chi connectivity index (χ3v) is 28.9. The summed E-state index contributed by atoms with van der Waals surface area (Å²) in [6.07, 6.45) is 26.1. The summed E-state index contributed by atoms with van der Waals surface area (Å²) in [5, 5.41) is 20.0. The Hall–Kier alpha value is -4.79. The van der Waals surface area contributed by atoms with E-state index in [1.807, 2.05) is 83.1 Å². The van der Waals surface area contributed by atoms with Crippen molar-refractivity contribution in [3.8, 4) is 6.07 Å². The van der Waals surface area contributed by atoms with Gasteiger partial charge < -0.3 is 43.0 Å². The number of carbonyl (C=O) groups excluding carboxylic acids is 8. The van der Waals surface area contributed by atoms with Crippen molar-refractivity contribution in [2.45, 2.75) is 358 Å². The highest BCUT2D eigenvalue weighted by atomic mass is 16.6. The molecular weight excluding hydrogens is 1280 g/mol. The van der Waals surface area contributed by atoms with Gasteiger partial charge in [-0.25, -0.2) is 4.79 Å². The number of fused-ring (bicyclic) bond motifs is 2. The summed E-state index contributed by atoms with van der Waals surface area (Å²) in [5.74, 6) is 2.93. The predicted octanol–water partition coefficient (Wildman–Crippen LogP) is 16.4. The van der Waals surface area contributed by atoms with Gasteiger partial charge in [-0.15, -0.1) is 0 Å². The number of aliphatic hydroxyl groups is 1. The normalized spacial score (nSPS) is 36.6. The number of esters is 8. The molecule has 16 fully saturated rings. The molecule has 0 aromatic rings. The molecular formula is C83H131NO17. The van der Waals surface area contributed by atoms with E-state index in [4.69, 9.17) is 37.9 Å². The van der Waals surface area contributed by atoms with Crippen LogP contribution < -0.4 is 0 Å². The topological polar surface area (TPSA) is 254 Å². The van der Waals surface area contributed by atoms with Gasteiger partial charge in [0.2, 0.25) is 0 Å². The molecule has 13 aliphatic carbocycles. The second-order valence-corrected chi connectivity index (χ2v) is 38.3. The average Bonchev–Trinajstić information content (AvgIpc) is 1.30. The van der Waals surface area contributed by atoms with Crippen molar-refractivity contribution in [3.05, 3.63) is 0 Å². The minimum atomic E-state index is -0.974. The molecule has 16 aliphatic rings. The number of hydrogen-bond acceptors (Lipinski definition) is 18. The SMILES string of the molecule is CCC(C)(C)C(=O)OC(C)(CC)C12CC3CC(CC(C3)C1)C2.CCC(C)(C)C(=O)OC1(C(C)C)CCCC1.CCC(C)(C)C(=O)OC12CC3CC(CC(O)(C3)C1)C2.CCC(C)(C)C(=O)OC1C2CC3C1OC(=O)C3(C#N)C2.CCC(C)(C)C(=O)OCC(=O)OC1C2CC3CC(C2)C(=O)OC1C3. The van der Waals surface area contributed by atoms with Crippen LogP contribution in [-0.4, -0.2) is 106 Å². The minimum absolute atomic E-state index is 0.00935. The first kappa shape index (κ1) is 80.3. The summed E-state index contributed by atoms with van der Waals surface area (Å²) >= 11 is 0. The highest BCUT2D eigenvalue weighted by Crippen LogP contribution is 2.66. The quantitative estimate of drug-likeness (QED) is 0.0878. The molecule has 0 aromatic carbocycles. The molecule has 18 heteroatoms. The Bertz CT molecular complexity index is 3040. The van der Waals surface area contributed by atoms with Crippen molar-refractivity contribution in [1.29, 1.82) is 5.26 Å². The molecule has 101 heavy (non-hydrogen) atoms. The Kier molecular flexibility index (Phi) is 23.7. The van der Waals surface area contributed by atoms with Crippen LogP contribution in [0.15, 0.2) is 0 Å². The van der Waals surface area contributed by atoms with Crippen molar-refractivity contribution in [1.82, 2.24) is 0 Å². The zero-order chi connectivity index (χ0) is 74.6. The lowest BCUT2D eigenvalue weighted by atomic mass is 9.45. The molecule has 14 bridgehead atoms. The van der Waals surface area contributed by atoms with Gasteiger partial charge in [-0.05, 0) is 291 Å². The first-order valence-corrected chi connectivity index (χ1v) is 39.8. The smallest absolute Gasteiger partial charge is 0.344 e. The second kappa shape index (κ2) is 29.9. The fourth-order valence-corrected chi connectivity index (χ4v) is 20.6. The van der Waals surface area contributed by atoms with Crippen molar-refractivity contribution in [2.75, 3.05) is 6.61 Å². The molecule has 18 nitrogen and oxygen atoms in total. The highest BCUT2D eigenvalue weighted by molar-refractivity contribution is 5.85. The Balaban J connectivity index is 0.000000148. The zero-order valence-electron chi connectivity index (χ0n) is 65.6. The van der Waals surface area contributed by atoms with E-state index in [2.05, 4.69) is 40.7 Å². The van der Waals surface area contributed by atoms with Gasteiger partial charge in [0.15, 0.2) is 12.0 Å². The zero-order valence-corrected chi connectivity index (χ0v) is 65.6. The Labute approximate surface area is 605 Å². The van der Waals surface area contributed by atoms with Crippen LogP contribution in [0.3, 0.4) is 0 Å². The lowest BCUT2D eigenvalue weighted by Gasteiger charge is -2.62. The fourth-order valence-electron chi connectivity index (χ4n) is 20.6. The maximum absolute atomic E-state index is 12.7. The van der Waals surface area contributed by atoms with Crippen LogP contribution in [0.25, 0.3) is 0 Å². The molecule has 0 radical (unpaired) electrons. The van der Waals surface area contributed by atoms with E-state index in [0.717, 1.165) is 114 Å². The Morgan fingerprint density at radius 3 is 1.54 bits per heavy atom. The van der Waals surface area contributed by atoms with E-state index in [-0.39, 0.29) is 105 Å². The van der Waals surface area contributed by atoms with Crippen LogP contribution >= 0.6 is 0 Å². The maximum atomic E-state index is 12.7. The number of carbonyl (C=O) groups is 8. The number of ether oxygens (including phenoxy) is 8. The summed E-state index contributed by atoms with van der Waals surface area (Å²) in [6, 6.07) is 2.15. The number of nitrogens with zero attached hydrogens (tertiary/aromatic N) is 1. The molecule has 13 atom stereocenters. The lowest BCUT2D eigenvalue weighted by Crippen LogP contribution is -2.61. The van der Waals surface area contributed by atoms with Gasteiger partial charge in [-0.2, -0.15) is 5.26 Å². The van der Waals surface area contributed by atoms with Crippen LogP contribution in [0.1, 0.15) is 311 Å². The van der Waals surface area contributed by atoms with E-state index < -0.39 is 57.4 Å². The van der Waals surface area contributed by atoms with Gasteiger partial charge in [-0.1, -0.05) is 55.4 Å². The Morgan fingerprint density at radius 2 is 1.04 bits per heavy atom. The van der Waals surface area contributed by atoms with Crippen molar-refractivity contribution < 1.29 is 81.4 Å². The monoisotopic (exact) mass is 1410 g/mol. The molecule has 0 aromatic heterocycles. The molecule has 3 aliphatic heterocycles. The molecule has 3 heterocycles. The highest BCUT2D eigenvalue weighted by Gasteiger charge is 2.73. The number of rotatable bonds is 20. The lowest BCUT2D eigenvalue weighted by molar-refractivity contribution is -0.225. The standard InChI is InChI=1S/C20H34O2.C18H26O6.C16H26O3.C15H19NO4.C14H26O2/c1-6-18(3,4)17(21)22-19(5,7-2)20-11-14-8-15(12-20)10-16(9-14)13-20;1-4-18(2,3)17(21)22-9-14(19)24-15-11-5-10-6-12(8-11)16(20)23-13(15)7-10;1-4-14(2,3)13(17)19-16-8-11-5-12(9-16)7-15(18,6-11)10-16;1-4-14(2,3)12(17)19-10-8-5-9-11(10)20-13(18)15(9,6-8)7-16;1-6-13(4,5)12(15)16-14(11(2)3)9-7-8-10-14/h14-16H,6-13H2,1-5H3;10-13,15H,4-9H2,1-3H3;11-12,18H,4-10H2,1-3H3;8-11H,4-6H2,1-3H3;11H,6-10H2,1-5H3. The van der Waals surface area contributed by atoms with Gasteiger partial charge in [0, 0.05) is 29.6 Å². The van der Waals surface area contributed by atoms with Crippen LogP contribution in [0.4, 0.5) is 0 Å². The molecule has 1 N–H and O–H groups in total. The average molecular weight is 1410 g/mol. The van der Waals surface area contributed by atoms with Gasteiger partial charge >= 0.3 is 47.8 Å². The van der Waals surface area contributed by atoms with Crippen LogP contribution in [0.5, 0.6) is 0 Å². The molecule has 13 unspecified atom stereocenters. The first-order valence-electron chi connectivity index (χ1n) is 39.8. The summed E-state index contributed by atoms with van der Waals surface area (Å²) in [5.41, 5.74) is -4.34. The van der Waals surface area contributed by atoms with Crippen LogP contribution in [-0.2, 0) is 76.3 Å². The predicted molar refractivity (Wildman–Crippen MR) is 380 cm³/mol. The first-order chi connectivity index (χ1) is 47.0. The van der Waals surface area contributed by atoms with Gasteiger partial charge in [0.05, 0.1) is 44.7 Å². The number of nitriles is 1. The van der Waals surface area contributed by atoms with Crippen LogP contribution in [0, 0.1) is 114 Å². The molecule has 3 saturated heterocycles. The van der Waals surface area contributed by atoms with E-state index in [0.29, 0.717) is 49.4 Å². The molecule has 0 amide bonds. The van der Waals surface area contributed by atoms with E-state index in [1.165, 1.54) is 57.8 Å². The molecule has 16 rings (SSSR count). The number of hydrogen-bond donors (Lipinski definition) is 1. The van der Waals surface area contributed by atoms with Gasteiger partial charge in [0.25, 0.3) is 0 Å². The molecule has 0 spiro atoms. The summed E-state index contributed by atoms with van der Waals surface area (Å²) < 4.78 is 45.3. The van der Waals surface area contributed by atoms with E-state index in [9.17, 15) is 48.7 Å². The van der Waals surface area contributed by atoms with E-state index in [1.54, 1.807) is 13.8 Å². The summed E-state index contributed by atoms with van der Waals surface area (Å²) in [7, 11) is 0. The largest absolute Gasteiger partial charge is 0.459 e. The molecule has 13 saturated carbocycles. The minimum Gasteiger partial charge on any atom is -0.459 e. The maximum Gasteiger partial charge on any atom is 0.344 e. The third-order valence-electron chi connectivity index (χ3n) is 28.9. The van der Waals surface area contributed by atoms with Crippen molar-refractivity contribution >= 4 is 47.8 Å². The van der Waals surface area contributed by atoms with Gasteiger partial charge in [-0.3, -0.25) is 33.6 Å². The molecule has 570 valence electrons. The van der Waals surface area contributed by atoms with Crippen molar-refractivity contribution in [3.63, 3.8) is 0 Å². The van der Waals surface area contributed by atoms with Crippen LogP contribution in [0.2, 0.25) is 0 Å². The second-order valence-electron chi connectivity index (χ2n) is 38.3. The third kappa shape index (κ3) is 16.5. The summed E-state index contributed by atoms with van der Waals surface area (Å²) in [6.45, 7) is 37.5. The summed E-state index contributed by atoms with van der Waals surface area (Å²) in [4.78, 5) is 97.5. The van der Waals surface area contributed by atoms with Crippen molar-refractivity contribution in [2.24, 2.45) is 103 Å². The van der Waals surface area contributed by atoms with Gasteiger partial charge in [0.1, 0.15) is 41.2 Å².